The maximum absolute atomic E-state index is 10.8. The van der Waals surface area contributed by atoms with Gasteiger partial charge in [-0.25, -0.2) is 4.79 Å². The summed E-state index contributed by atoms with van der Waals surface area (Å²) in [5, 5.41) is 2.71. The molecule has 1 unspecified atom stereocenters. The van der Waals surface area contributed by atoms with Crippen LogP contribution >= 0.6 is 0 Å². The Hall–Kier alpha value is -1.51. The van der Waals surface area contributed by atoms with Crippen molar-refractivity contribution in [3.8, 4) is 0 Å². The van der Waals surface area contributed by atoms with Gasteiger partial charge in [0, 0.05) is 12.5 Å². The van der Waals surface area contributed by atoms with Crippen molar-refractivity contribution in [1.82, 2.24) is 5.32 Å². The number of primary amides is 1. The number of amides is 2. The topological polar surface area (TPSA) is 55.1 Å². The summed E-state index contributed by atoms with van der Waals surface area (Å²) in [7, 11) is 0. The smallest absolute Gasteiger partial charge is 0.312 e. The number of carbonyl (C=O) groups excluding carboxylic acids is 1. The number of urea groups is 1. The molecule has 1 atom stereocenters. The van der Waals surface area contributed by atoms with Crippen molar-refractivity contribution in [1.29, 1.82) is 0 Å². The lowest BCUT2D eigenvalue weighted by Gasteiger charge is -2.17. The largest absolute Gasteiger partial charge is 0.352 e. The van der Waals surface area contributed by atoms with Crippen molar-refractivity contribution >= 4 is 6.03 Å². The zero-order chi connectivity index (χ0) is 12.7. The molecule has 0 saturated carbocycles. The van der Waals surface area contributed by atoms with Crippen molar-refractivity contribution in [2.75, 3.05) is 6.54 Å². The zero-order valence-electron chi connectivity index (χ0n) is 10.7. The molecule has 3 nitrogen and oxygen atoms in total. The van der Waals surface area contributed by atoms with E-state index in [0.717, 1.165) is 6.42 Å². The Balaban J connectivity index is 2.70. The number of carbonyl (C=O) groups is 1. The van der Waals surface area contributed by atoms with Crippen LogP contribution in [0.1, 0.15) is 43.2 Å². The maximum Gasteiger partial charge on any atom is 0.312 e. The van der Waals surface area contributed by atoms with Gasteiger partial charge in [0.2, 0.25) is 0 Å². The second kappa shape index (κ2) is 6.94. The van der Waals surface area contributed by atoms with Crippen molar-refractivity contribution in [2.24, 2.45) is 5.73 Å². The highest BCUT2D eigenvalue weighted by Crippen LogP contribution is 2.22. The first-order valence-corrected chi connectivity index (χ1v) is 6.23. The molecular formula is C14H22N2O. The lowest BCUT2D eigenvalue weighted by molar-refractivity contribution is 0.248. The van der Waals surface area contributed by atoms with Gasteiger partial charge in [-0.2, -0.15) is 0 Å². The first kappa shape index (κ1) is 13.6. The van der Waals surface area contributed by atoms with E-state index in [9.17, 15) is 4.79 Å². The summed E-state index contributed by atoms with van der Waals surface area (Å²) in [6.45, 7) is 4.88. The molecule has 0 aliphatic rings. The van der Waals surface area contributed by atoms with E-state index in [1.807, 2.05) is 0 Å². The molecule has 0 spiro atoms. The minimum Gasteiger partial charge on any atom is -0.352 e. The van der Waals surface area contributed by atoms with Crippen molar-refractivity contribution in [2.45, 2.75) is 39.0 Å². The van der Waals surface area contributed by atoms with Gasteiger partial charge in [-0.3, -0.25) is 0 Å². The van der Waals surface area contributed by atoms with Gasteiger partial charge in [0.05, 0.1) is 0 Å². The predicted octanol–water partition coefficient (Wildman–Crippen LogP) is 2.94. The molecule has 17 heavy (non-hydrogen) atoms. The fourth-order valence-electron chi connectivity index (χ4n) is 1.98. The van der Waals surface area contributed by atoms with Gasteiger partial charge in [-0.1, -0.05) is 49.6 Å². The first-order valence-electron chi connectivity index (χ1n) is 6.23. The number of rotatable bonds is 6. The number of unbranched alkanes of at least 4 members (excludes halogenated alkanes) is 1. The Kier molecular flexibility index (Phi) is 5.53. The third-order valence-corrected chi connectivity index (χ3v) is 2.94. The minimum atomic E-state index is -0.445. The maximum atomic E-state index is 10.8. The van der Waals surface area contributed by atoms with E-state index >= 15 is 0 Å². The van der Waals surface area contributed by atoms with Crippen molar-refractivity contribution < 1.29 is 4.79 Å². The molecule has 3 N–H and O–H groups in total. The van der Waals surface area contributed by atoms with Crippen molar-refractivity contribution in [3.05, 3.63) is 35.4 Å². The van der Waals surface area contributed by atoms with Gasteiger partial charge in [0.15, 0.2) is 0 Å². The Bertz CT molecular complexity index is 363. The number of aryl methyl sites for hydroxylation is 1. The molecule has 1 aromatic carbocycles. The third-order valence-electron chi connectivity index (χ3n) is 2.94. The van der Waals surface area contributed by atoms with E-state index in [2.05, 4.69) is 43.4 Å². The second-order valence-electron chi connectivity index (χ2n) is 4.50. The van der Waals surface area contributed by atoms with Gasteiger partial charge in [-0.15, -0.1) is 0 Å². The fraction of sp³-hybridized carbons (Fsp3) is 0.500. The number of nitrogens with one attached hydrogen (secondary N) is 1. The Morgan fingerprint density at radius 3 is 2.82 bits per heavy atom. The highest BCUT2D eigenvalue weighted by atomic mass is 16.2. The molecule has 1 rings (SSSR count). The average Bonchev–Trinajstić information content (AvgIpc) is 2.29. The number of hydrogen-bond donors (Lipinski definition) is 2. The van der Waals surface area contributed by atoms with E-state index in [4.69, 9.17) is 5.73 Å². The molecule has 2 amide bonds. The lowest BCUT2D eigenvalue weighted by atomic mass is 9.92. The van der Waals surface area contributed by atoms with Gasteiger partial charge < -0.3 is 11.1 Å². The molecule has 0 fully saturated rings. The quantitative estimate of drug-likeness (QED) is 0.781. The summed E-state index contributed by atoms with van der Waals surface area (Å²) in [6, 6.07) is 8.01. The van der Waals surface area contributed by atoms with Crippen LogP contribution in [-0.4, -0.2) is 12.6 Å². The lowest BCUT2D eigenvalue weighted by Crippen LogP contribution is -2.33. The van der Waals surface area contributed by atoms with Gasteiger partial charge >= 0.3 is 6.03 Å². The normalized spacial score (nSPS) is 12.1. The molecule has 0 aliphatic heterocycles. The monoisotopic (exact) mass is 234 g/mol. The van der Waals surface area contributed by atoms with E-state index in [1.165, 1.54) is 24.0 Å². The van der Waals surface area contributed by atoms with Crippen LogP contribution in [0, 0.1) is 6.92 Å². The van der Waals surface area contributed by atoms with E-state index in [0.29, 0.717) is 12.5 Å². The minimum absolute atomic E-state index is 0.363. The van der Waals surface area contributed by atoms with Crippen LogP contribution in [0.3, 0.4) is 0 Å². The zero-order valence-corrected chi connectivity index (χ0v) is 10.7. The molecule has 0 radical (unpaired) electrons. The molecule has 0 heterocycles. The molecule has 0 saturated heterocycles. The molecule has 1 aromatic rings. The molecule has 94 valence electrons. The first-order chi connectivity index (χ1) is 8.13. The number of hydrogen-bond acceptors (Lipinski definition) is 1. The van der Waals surface area contributed by atoms with Gasteiger partial charge in [-0.05, 0) is 18.9 Å². The fourth-order valence-corrected chi connectivity index (χ4v) is 1.98. The highest BCUT2D eigenvalue weighted by molar-refractivity contribution is 5.71. The summed E-state index contributed by atoms with van der Waals surface area (Å²) in [6.07, 6.45) is 3.41. The summed E-state index contributed by atoms with van der Waals surface area (Å²) in [5.41, 5.74) is 7.66. The average molecular weight is 234 g/mol. The van der Waals surface area contributed by atoms with Gasteiger partial charge in [0.1, 0.15) is 0 Å². The highest BCUT2D eigenvalue weighted by Gasteiger charge is 2.11. The number of nitrogens with two attached hydrogens (primary N) is 1. The predicted molar refractivity (Wildman–Crippen MR) is 71.0 cm³/mol. The Labute approximate surface area is 103 Å². The molecule has 0 bridgehead atoms. The van der Waals surface area contributed by atoms with Crippen molar-refractivity contribution in [3.63, 3.8) is 0 Å². The summed E-state index contributed by atoms with van der Waals surface area (Å²) < 4.78 is 0. The van der Waals surface area contributed by atoms with Gasteiger partial charge in [0.25, 0.3) is 0 Å². The summed E-state index contributed by atoms with van der Waals surface area (Å²) in [5.74, 6) is 0.363. The van der Waals surface area contributed by atoms with Crippen LogP contribution in [0.25, 0.3) is 0 Å². The molecular weight excluding hydrogens is 212 g/mol. The van der Waals surface area contributed by atoms with Crippen LogP contribution in [0.2, 0.25) is 0 Å². The SMILES string of the molecule is CCCCC(CNC(N)=O)c1cccc(C)c1. The van der Waals surface area contributed by atoms with Crippen LogP contribution in [-0.2, 0) is 0 Å². The van der Waals surface area contributed by atoms with Crippen LogP contribution in [0.15, 0.2) is 24.3 Å². The van der Waals surface area contributed by atoms with Crippen LogP contribution in [0.4, 0.5) is 4.79 Å². The molecule has 3 heteroatoms. The van der Waals surface area contributed by atoms with Crippen LogP contribution in [0.5, 0.6) is 0 Å². The van der Waals surface area contributed by atoms with E-state index < -0.39 is 6.03 Å². The number of benzene rings is 1. The third kappa shape index (κ3) is 4.89. The molecule has 0 aliphatic carbocycles. The van der Waals surface area contributed by atoms with E-state index in [-0.39, 0.29) is 0 Å². The Morgan fingerprint density at radius 1 is 1.47 bits per heavy atom. The summed E-state index contributed by atoms with van der Waals surface area (Å²) in [4.78, 5) is 10.8. The summed E-state index contributed by atoms with van der Waals surface area (Å²) >= 11 is 0. The van der Waals surface area contributed by atoms with E-state index in [1.54, 1.807) is 0 Å². The van der Waals surface area contributed by atoms with Crippen LogP contribution < -0.4 is 11.1 Å². The standard InChI is InChI=1S/C14H22N2O/c1-3-4-7-13(10-16-14(15)17)12-8-5-6-11(2)9-12/h5-6,8-9,13H,3-4,7,10H2,1-2H3,(H3,15,16,17). The second-order valence-corrected chi connectivity index (χ2v) is 4.50. The Morgan fingerprint density at radius 2 is 2.24 bits per heavy atom. The molecule has 0 aromatic heterocycles.